The van der Waals surface area contributed by atoms with Gasteiger partial charge in [0.05, 0.1) is 6.04 Å². The Labute approximate surface area is 151 Å². The maximum atomic E-state index is 12.9. The molecule has 1 aromatic heterocycles. The molecule has 1 N–H and O–H groups in total. The number of nitrogens with zero attached hydrogens (tertiary/aromatic N) is 1. The highest BCUT2D eigenvalue weighted by atomic mass is 32.1. The summed E-state index contributed by atoms with van der Waals surface area (Å²) in [4.78, 5) is 15.8. The van der Waals surface area contributed by atoms with Crippen molar-refractivity contribution in [1.29, 1.82) is 0 Å². The Bertz CT molecular complexity index is 655. The lowest BCUT2D eigenvalue weighted by Crippen LogP contribution is -2.41. The van der Waals surface area contributed by atoms with Gasteiger partial charge in [0.15, 0.2) is 6.61 Å². The van der Waals surface area contributed by atoms with Crippen LogP contribution in [-0.2, 0) is 4.79 Å². The van der Waals surface area contributed by atoms with E-state index >= 15 is 0 Å². The lowest BCUT2D eigenvalue weighted by molar-refractivity contribution is -0.123. The van der Waals surface area contributed by atoms with Gasteiger partial charge in [-0.2, -0.15) is 0 Å². The second-order valence-electron chi connectivity index (χ2n) is 6.17. The summed E-state index contributed by atoms with van der Waals surface area (Å²) in [7, 11) is 0. The molecule has 1 atom stereocenters. The molecular weight excluding hydrogens is 339 g/mol. The van der Waals surface area contributed by atoms with Gasteiger partial charge in [-0.3, -0.25) is 9.69 Å². The molecule has 1 saturated heterocycles. The standard InChI is InChI=1S/C19H23FN2O2S/c20-15-6-8-16(9-7-15)24-14-19(23)21-13-17(18-5-4-12-25-18)22-10-2-1-3-11-22/h4-9,12,17H,1-3,10-11,13-14H2,(H,21,23)/t17-/m0/s1. The third kappa shape index (κ3) is 5.28. The van der Waals surface area contributed by atoms with Gasteiger partial charge in [-0.25, -0.2) is 4.39 Å². The molecule has 0 unspecified atom stereocenters. The maximum absolute atomic E-state index is 12.9. The average Bonchev–Trinajstić information content (AvgIpc) is 3.17. The second kappa shape index (κ2) is 8.97. The highest BCUT2D eigenvalue weighted by molar-refractivity contribution is 7.10. The van der Waals surface area contributed by atoms with Crippen LogP contribution in [-0.4, -0.2) is 37.0 Å². The topological polar surface area (TPSA) is 41.6 Å². The fourth-order valence-corrected chi connectivity index (χ4v) is 3.92. The van der Waals surface area contributed by atoms with E-state index in [2.05, 4.69) is 27.7 Å². The summed E-state index contributed by atoms with van der Waals surface area (Å²) < 4.78 is 18.3. The lowest BCUT2D eigenvalue weighted by Gasteiger charge is -2.34. The van der Waals surface area contributed by atoms with E-state index in [0.717, 1.165) is 13.1 Å². The van der Waals surface area contributed by atoms with Crippen molar-refractivity contribution >= 4 is 17.2 Å². The van der Waals surface area contributed by atoms with E-state index in [1.807, 2.05) is 0 Å². The van der Waals surface area contributed by atoms with Gasteiger partial charge in [-0.15, -0.1) is 11.3 Å². The largest absolute Gasteiger partial charge is 0.484 e. The van der Waals surface area contributed by atoms with Gasteiger partial charge in [-0.1, -0.05) is 12.5 Å². The number of thiophene rings is 1. The van der Waals surface area contributed by atoms with Crippen LogP contribution in [0.2, 0.25) is 0 Å². The number of ether oxygens (including phenoxy) is 1. The molecule has 1 aliphatic rings. The number of hydrogen-bond acceptors (Lipinski definition) is 4. The van der Waals surface area contributed by atoms with E-state index in [9.17, 15) is 9.18 Å². The summed E-state index contributed by atoms with van der Waals surface area (Å²) in [5.41, 5.74) is 0. The van der Waals surface area contributed by atoms with E-state index in [1.165, 1.54) is 48.4 Å². The molecule has 4 nitrogen and oxygen atoms in total. The number of halogens is 1. The average molecular weight is 362 g/mol. The van der Waals surface area contributed by atoms with Gasteiger partial charge in [-0.05, 0) is 61.6 Å². The van der Waals surface area contributed by atoms with Gasteiger partial charge < -0.3 is 10.1 Å². The molecule has 1 aliphatic heterocycles. The fraction of sp³-hybridized carbons (Fsp3) is 0.421. The molecule has 0 bridgehead atoms. The summed E-state index contributed by atoms with van der Waals surface area (Å²) >= 11 is 1.73. The Kier molecular flexibility index (Phi) is 6.42. The molecule has 0 radical (unpaired) electrons. The zero-order chi connectivity index (χ0) is 17.5. The number of amides is 1. The predicted molar refractivity (Wildman–Crippen MR) is 97.4 cm³/mol. The zero-order valence-electron chi connectivity index (χ0n) is 14.1. The number of piperidine rings is 1. The lowest BCUT2D eigenvalue weighted by atomic mass is 10.1. The highest BCUT2D eigenvalue weighted by Gasteiger charge is 2.23. The number of carbonyl (C=O) groups is 1. The third-order valence-electron chi connectivity index (χ3n) is 4.38. The minimum absolute atomic E-state index is 0.0667. The van der Waals surface area contributed by atoms with Gasteiger partial charge >= 0.3 is 0 Å². The maximum Gasteiger partial charge on any atom is 0.258 e. The number of likely N-dealkylation sites (tertiary alicyclic amines) is 1. The van der Waals surface area contributed by atoms with Crippen LogP contribution < -0.4 is 10.1 Å². The van der Waals surface area contributed by atoms with Crippen molar-refractivity contribution in [1.82, 2.24) is 10.2 Å². The Morgan fingerprint density at radius 3 is 2.64 bits per heavy atom. The van der Waals surface area contributed by atoms with Gasteiger partial charge in [0.25, 0.3) is 5.91 Å². The van der Waals surface area contributed by atoms with Gasteiger partial charge in [0.1, 0.15) is 11.6 Å². The van der Waals surface area contributed by atoms with Crippen molar-refractivity contribution in [2.45, 2.75) is 25.3 Å². The monoisotopic (exact) mass is 362 g/mol. The number of carbonyl (C=O) groups excluding carboxylic acids is 1. The molecule has 3 rings (SSSR count). The summed E-state index contributed by atoms with van der Waals surface area (Å²) in [5.74, 6) is 0.00222. The summed E-state index contributed by atoms with van der Waals surface area (Å²) in [5, 5.41) is 5.05. The number of nitrogens with one attached hydrogen (secondary N) is 1. The number of benzene rings is 1. The van der Waals surface area contributed by atoms with E-state index in [4.69, 9.17) is 4.74 Å². The summed E-state index contributed by atoms with van der Waals surface area (Å²) in [6.45, 7) is 2.66. The van der Waals surface area contributed by atoms with E-state index in [-0.39, 0.29) is 24.4 Å². The first-order valence-corrected chi connectivity index (χ1v) is 9.53. The zero-order valence-corrected chi connectivity index (χ0v) is 14.9. The quantitative estimate of drug-likeness (QED) is 0.818. The van der Waals surface area contributed by atoms with Crippen LogP contribution in [0.15, 0.2) is 41.8 Å². The SMILES string of the molecule is O=C(COc1ccc(F)cc1)NC[C@@H](c1cccs1)N1CCCCC1. The minimum atomic E-state index is -0.322. The Morgan fingerprint density at radius 1 is 1.20 bits per heavy atom. The summed E-state index contributed by atoms with van der Waals surface area (Å²) in [6.07, 6.45) is 3.71. The van der Waals surface area contributed by atoms with Crippen molar-refractivity contribution in [2.75, 3.05) is 26.2 Å². The summed E-state index contributed by atoms with van der Waals surface area (Å²) in [6, 6.07) is 10.1. The van der Waals surface area contributed by atoms with Crippen molar-refractivity contribution in [3.8, 4) is 5.75 Å². The molecule has 0 aliphatic carbocycles. The molecule has 1 amide bonds. The molecular formula is C19H23FN2O2S. The van der Waals surface area contributed by atoms with Crippen molar-refractivity contribution in [3.63, 3.8) is 0 Å². The molecule has 1 fully saturated rings. The van der Waals surface area contributed by atoms with Crippen LogP contribution in [0.25, 0.3) is 0 Å². The van der Waals surface area contributed by atoms with Crippen LogP contribution in [0, 0.1) is 5.82 Å². The normalized spacial score (nSPS) is 16.4. The smallest absolute Gasteiger partial charge is 0.258 e. The molecule has 2 heterocycles. The van der Waals surface area contributed by atoms with Gasteiger partial charge in [0.2, 0.25) is 0 Å². The fourth-order valence-electron chi connectivity index (χ4n) is 3.06. The predicted octanol–water partition coefficient (Wildman–Crippen LogP) is 3.61. The van der Waals surface area contributed by atoms with Crippen LogP contribution >= 0.6 is 11.3 Å². The van der Waals surface area contributed by atoms with Gasteiger partial charge in [0, 0.05) is 11.4 Å². The van der Waals surface area contributed by atoms with E-state index < -0.39 is 0 Å². The van der Waals surface area contributed by atoms with E-state index in [1.54, 1.807) is 11.3 Å². The van der Waals surface area contributed by atoms with Crippen LogP contribution in [0.5, 0.6) is 5.75 Å². The number of rotatable bonds is 7. The molecule has 1 aromatic carbocycles. The first kappa shape index (κ1) is 17.9. The highest BCUT2D eigenvalue weighted by Crippen LogP contribution is 2.27. The first-order chi connectivity index (χ1) is 12.2. The Balaban J connectivity index is 1.51. The van der Waals surface area contributed by atoms with Crippen LogP contribution in [0.3, 0.4) is 0 Å². The second-order valence-corrected chi connectivity index (χ2v) is 7.15. The molecule has 2 aromatic rings. The van der Waals surface area contributed by atoms with Crippen LogP contribution in [0.1, 0.15) is 30.2 Å². The molecule has 6 heteroatoms. The van der Waals surface area contributed by atoms with Crippen molar-refractivity contribution in [3.05, 3.63) is 52.5 Å². The molecule has 25 heavy (non-hydrogen) atoms. The first-order valence-electron chi connectivity index (χ1n) is 8.65. The molecule has 134 valence electrons. The number of hydrogen-bond donors (Lipinski definition) is 1. The third-order valence-corrected chi connectivity index (χ3v) is 5.35. The molecule has 0 spiro atoms. The Hall–Kier alpha value is -1.92. The van der Waals surface area contributed by atoms with Crippen LogP contribution in [0.4, 0.5) is 4.39 Å². The minimum Gasteiger partial charge on any atom is -0.484 e. The Morgan fingerprint density at radius 2 is 1.96 bits per heavy atom. The van der Waals surface area contributed by atoms with Crippen molar-refractivity contribution < 1.29 is 13.9 Å². The molecule has 0 saturated carbocycles. The van der Waals surface area contributed by atoms with Crippen molar-refractivity contribution in [2.24, 2.45) is 0 Å². The van der Waals surface area contributed by atoms with E-state index in [0.29, 0.717) is 12.3 Å².